The average molecular weight is 249 g/mol. The predicted octanol–water partition coefficient (Wildman–Crippen LogP) is 4.31. The highest BCUT2D eigenvalue weighted by Crippen LogP contribution is 2.38. The van der Waals surface area contributed by atoms with E-state index in [0.29, 0.717) is 4.78 Å². The Balaban J connectivity index is 2.16. The number of fused-ring (bicyclic) bond motifs is 1. The van der Waals surface area contributed by atoms with E-state index in [2.05, 4.69) is 59.0 Å². The van der Waals surface area contributed by atoms with E-state index in [9.17, 15) is 0 Å². The fourth-order valence-electron chi connectivity index (χ4n) is 2.68. The molecule has 0 aliphatic heterocycles. The highest BCUT2D eigenvalue weighted by atomic mass is 27.2. The molecule has 0 fully saturated rings. The first-order valence-corrected chi connectivity index (χ1v) is 9.47. The summed E-state index contributed by atoms with van der Waals surface area (Å²) in [6.45, 7) is 0. The molecular formula is C16H16AlN. The Morgan fingerprint density at radius 2 is 1.94 bits per heavy atom. The average Bonchev–Trinajstić information content (AvgIpc) is 2.87. The van der Waals surface area contributed by atoms with Gasteiger partial charge in [-0.2, -0.15) is 0 Å². The van der Waals surface area contributed by atoms with Crippen molar-refractivity contribution < 1.29 is 0 Å². The summed E-state index contributed by atoms with van der Waals surface area (Å²) < 4.78 is 0.651. The second-order valence-corrected chi connectivity index (χ2v) is 8.36. The topological polar surface area (TPSA) is 12.9 Å². The Labute approximate surface area is 112 Å². The van der Waals surface area contributed by atoms with E-state index < -0.39 is 14.1 Å². The SMILES string of the molecule is [CH3][Al]([CH3])[CH]1C=CC=C1c1cccc2cccnc12. The summed E-state index contributed by atoms with van der Waals surface area (Å²) in [6.07, 6.45) is 8.71. The number of pyridine rings is 1. The lowest BCUT2D eigenvalue weighted by atomic mass is 10.0. The molecular weight excluding hydrogens is 233 g/mol. The van der Waals surface area contributed by atoms with Gasteiger partial charge in [-0.15, -0.1) is 11.6 Å². The summed E-state index contributed by atoms with van der Waals surface area (Å²) in [5, 5.41) is 1.23. The van der Waals surface area contributed by atoms with Gasteiger partial charge < -0.3 is 0 Å². The molecule has 1 atom stereocenters. The molecule has 1 aliphatic rings. The lowest BCUT2D eigenvalue weighted by Gasteiger charge is -2.16. The molecule has 0 saturated carbocycles. The van der Waals surface area contributed by atoms with Crippen LogP contribution in [0.2, 0.25) is 16.4 Å². The van der Waals surface area contributed by atoms with Crippen molar-refractivity contribution in [2.45, 2.75) is 16.4 Å². The van der Waals surface area contributed by atoms with Crippen molar-refractivity contribution >= 4 is 30.6 Å². The van der Waals surface area contributed by atoms with Crippen LogP contribution in [0.4, 0.5) is 0 Å². The van der Waals surface area contributed by atoms with Gasteiger partial charge in [0.05, 0.1) is 5.52 Å². The summed E-state index contributed by atoms with van der Waals surface area (Å²) in [5.74, 6) is 4.82. The van der Waals surface area contributed by atoms with Crippen molar-refractivity contribution in [2.24, 2.45) is 0 Å². The minimum Gasteiger partial charge on any atom is -0.256 e. The Morgan fingerprint density at radius 3 is 2.78 bits per heavy atom. The molecule has 18 heavy (non-hydrogen) atoms. The van der Waals surface area contributed by atoms with Gasteiger partial charge in [0.15, 0.2) is 0 Å². The summed E-state index contributed by atoms with van der Waals surface area (Å²) in [6, 6.07) is 10.6. The van der Waals surface area contributed by atoms with E-state index in [-0.39, 0.29) is 0 Å². The third-order valence-electron chi connectivity index (χ3n) is 3.62. The first-order valence-electron chi connectivity index (χ1n) is 6.50. The zero-order valence-corrected chi connectivity index (χ0v) is 12.0. The van der Waals surface area contributed by atoms with E-state index >= 15 is 0 Å². The molecule has 2 aromatic rings. The molecule has 1 aromatic carbocycles. The molecule has 0 N–H and O–H groups in total. The maximum absolute atomic E-state index is 4.57. The van der Waals surface area contributed by atoms with Crippen molar-refractivity contribution in [3.63, 3.8) is 0 Å². The smallest absolute Gasteiger partial charge is 0.256 e. The van der Waals surface area contributed by atoms with Crippen molar-refractivity contribution in [1.82, 2.24) is 4.98 Å². The summed E-state index contributed by atoms with van der Waals surface area (Å²) in [7, 11) is 0. The van der Waals surface area contributed by atoms with E-state index in [1.54, 1.807) is 0 Å². The van der Waals surface area contributed by atoms with Crippen LogP contribution in [0.15, 0.2) is 54.8 Å². The highest BCUT2D eigenvalue weighted by Gasteiger charge is 2.24. The van der Waals surface area contributed by atoms with Gasteiger partial charge in [-0.25, -0.2) is 0 Å². The molecule has 88 valence electrons. The van der Waals surface area contributed by atoms with Crippen molar-refractivity contribution in [2.75, 3.05) is 0 Å². The molecule has 1 aromatic heterocycles. The maximum Gasteiger partial charge on any atom is 0.270 e. The largest absolute Gasteiger partial charge is 0.270 e. The van der Waals surface area contributed by atoms with E-state index in [4.69, 9.17) is 0 Å². The van der Waals surface area contributed by atoms with Crippen LogP contribution < -0.4 is 0 Å². The minimum atomic E-state index is -0.714. The first kappa shape index (κ1) is 11.7. The second-order valence-electron chi connectivity index (χ2n) is 5.16. The normalized spacial score (nSPS) is 18.1. The van der Waals surface area contributed by atoms with Crippen LogP contribution in [-0.2, 0) is 0 Å². The third kappa shape index (κ3) is 1.92. The van der Waals surface area contributed by atoms with E-state index in [1.807, 2.05) is 12.3 Å². The van der Waals surface area contributed by atoms with Crippen molar-refractivity contribution in [1.29, 1.82) is 0 Å². The summed E-state index contributed by atoms with van der Waals surface area (Å²) in [4.78, 5) is 4.57. The fourth-order valence-corrected chi connectivity index (χ4v) is 4.26. The molecule has 0 spiro atoms. The lowest BCUT2D eigenvalue weighted by Crippen LogP contribution is -2.10. The van der Waals surface area contributed by atoms with Crippen molar-refractivity contribution in [3.05, 3.63) is 60.3 Å². The van der Waals surface area contributed by atoms with Crippen LogP contribution in [0.5, 0.6) is 0 Å². The fraction of sp³-hybridized carbons (Fsp3) is 0.188. The highest BCUT2D eigenvalue weighted by molar-refractivity contribution is 6.61. The number of nitrogens with zero attached hydrogens (tertiary/aromatic N) is 1. The number of rotatable bonds is 2. The number of para-hydroxylation sites is 1. The molecule has 1 unspecified atom stereocenters. The quantitative estimate of drug-likeness (QED) is 0.722. The van der Waals surface area contributed by atoms with Gasteiger partial charge in [0.2, 0.25) is 0 Å². The number of hydrogen-bond acceptors (Lipinski definition) is 1. The first-order chi connectivity index (χ1) is 8.77. The van der Waals surface area contributed by atoms with Crippen LogP contribution in [0.1, 0.15) is 5.56 Å². The molecule has 0 saturated heterocycles. The van der Waals surface area contributed by atoms with Crippen LogP contribution in [0.3, 0.4) is 0 Å². The molecule has 3 rings (SSSR count). The van der Waals surface area contributed by atoms with Gasteiger partial charge in [0.25, 0.3) is 14.1 Å². The van der Waals surface area contributed by atoms with E-state index in [0.717, 1.165) is 5.52 Å². The maximum atomic E-state index is 4.57. The zero-order valence-electron chi connectivity index (χ0n) is 10.8. The number of benzene rings is 1. The van der Waals surface area contributed by atoms with Crippen LogP contribution in [0.25, 0.3) is 16.5 Å². The molecule has 0 bridgehead atoms. The third-order valence-corrected chi connectivity index (χ3v) is 5.63. The number of hydrogen-bond donors (Lipinski definition) is 0. The van der Waals surface area contributed by atoms with Crippen LogP contribution in [-0.4, -0.2) is 19.1 Å². The monoisotopic (exact) mass is 249 g/mol. The summed E-state index contributed by atoms with van der Waals surface area (Å²) in [5.41, 5.74) is 3.90. The lowest BCUT2D eigenvalue weighted by molar-refractivity contribution is 1.34. The molecule has 1 heterocycles. The zero-order chi connectivity index (χ0) is 12.5. The summed E-state index contributed by atoms with van der Waals surface area (Å²) >= 11 is -0.714. The Bertz CT molecular complexity index is 635. The second kappa shape index (κ2) is 4.72. The Kier molecular flexibility index (Phi) is 3.08. The van der Waals surface area contributed by atoms with Gasteiger partial charge in [-0.05, 0) is 16.4 Å². The standard InChI is InChI=1S/C14H10N.2CH3.Al/c1-2-6-11(5-1)13-9-3-7-12-8-4-10-15-14(12)13;;;/h1-10H;2*1H3;. The number of allylic oxidation sites excluding steroid dienone is 4. The van der Waals surface area contributed by atoms with Crippen molar-refractivity contribution in [3.8, 4) is 0 Å². The molecule has 1 aliphatic carbocycles. The molecule has 0 radical (unpaired) electrons. The Morgan fingerprint density at radius 1 is 1.11 bits per heavy atom. The van der Waals surface area contributed by atoms with Gasteiger partial charge in [-0.1, -0.05) is 42.5 Å². The molecule has 1 nitrogen and oxygen atoms in total. The van der Waals surface area contributed by atoms with Gasteiger partial charge in [0, 0.05) is 17.1 Å². The van der Waals surface area contributed by atoms with Crippen LogP contribution in [0, 0.1) is 0 Å². The minimum absolute atomic E-state index is 0.651. The molecule has 2 heteroatoms. The van der Waals surface area contributed by atoms with Gasteiger partial charge in [0.1, 0.15) is 0 Å². The van der Waals surface area contributed by atoms with Gasteiger partial charge >= 0.3 is 0 Å². The van der Waals surface area contributed by atoms with Gasteiger partial charge in [-0.3, -0.25) is 4.98 Å². The Hall–Kier alpha value is -1.36. The van der Waals surface area contributed by atoms with E-state index in [1.165, 1.54) is 16.5 Å². The molecule has 0 amide bonds. The predicted molar refractivity (Wildman–Crippen MR) is 80.1 cm³/mol. The van der Waals surface area contributed by atoms with Crippen LogP contribution >= 0.6 is 0 Å². The number of aromatic nitrogens is 1.